The number of nitrogens with one attached hydrogen (secondary N) is 2. The Morgan fingerprint density at radius 2 is 1.91 bits per heavy atom. The van der Waals surface area contributed by atoms with E-state index in [1.807, 2.05) is 4.90 Å². The van der Waals surface area contributed by atoms with Crippen LogP contribution in [-0.2, 0) is 12.6 Å². The lowest BCUT2D eigenvalue weighted by Crippen LogP contribution is -2.43. The van der Waals surface area contributed by atoms with E-state index in [2.05, 4.69) is 20.3 Å². The molecule has 4 heterocycles. The highest BCUT2D eigenvalue weighted by Crippen LogP contribution is 2.34. The van der Waals surface area contributed by atoms with Crippen LogP contribution < -0.4 is 15.8 Å². The van der Waals surface area contributed by atoms with E-state index in [0.29, 0.717) is 24.3 Å². The third-order valence-electron chi connectivity index (χ3n) is 6.19. The van der Waals surface area contributed by atoms with Gasteiger partial charge in [-0.15, -0.1) is 0 Å². The normalized spacial score (nSPS) is 16.0. The SMILES string of the molecule is CNC(=O)c1ccc(N2CCC(F)(Cc3cnc4c(C)c(C(F)(F)F)c(=O)[nH]c4c3)CC2)cn1. The summed E-state index contributed by atoms with van der Waals surface area (Å²) in [6.45, 7) is 2.07. The molecule has 1 aliphatic rings. The van der Waals surface area contributed by atoms with E-state index in [9.17, 15) is 22.8 Å². The molecule has 0 atom stereocenters. The minimum absolute atomic E-state index is 0.0275. The quantitative estimate of drug-likeness (QED) is 0.561. The molecule has 1 aliphatic heterocycles. The predicted octanol–water partition coefficient (Wildman–Crippen LogP) is 3.56. The number of piperidine rings is 1. The fraction of sp³-hybridized carbons (Fsp3) is 0.391. The van der Waals surface area contributed by atoms with E-state index in [-0.39, 0.29) is 41.8 Å². The molecule has 0 radical (unpaired) electrons. The molecular weight excluding hydrogens is 454 g/mol. The summed E-state index contributed by atoms with van der Waals surface area (Å²) in [5.41, 5.74) is -2.53. The Kier molecular flexibility index (Phi) is 6.05. The van der Waals surface area contributed by atoms with Crippen molar-refractivity contribution in [2.75, 3.05) is 25.0 Å². The summed E-state index contributed by atoms with van der Waals surface area (Å²) in [5, 5.41) is 2.50. The van der Waals surface area contributed by atoms with Crippen LogP contribution in [0.15, 0.2) is 35.4 Å². The number of fused-ring (bicyclic) bond motifs is 1. The zero-order chi connectivity index (χ0) is 24.7. The van der Waals surface area contributed by atoms with Crippen LogP contribution in [0.2, 0.25) is 0 Å². The minimum atomic E-state index is -4.79. The molecule has 1 amide bonds. The summed E-state index contributed by atoms with van der Waals surface area (Å²) in [6, 6.07) is 4.87. The maximum atomic E-state index is 15.6. The van der Waals surface area contributed by atoms with Crippen molar-refractivity contribution in [3.63, 3.8) is 0 Å². The van der Waals surface area contributed by atoms with Crippen LogP contribution in [0.25, 0.3) is 11.0 Å². The smallest absolute Gasteiger partial charge is 0.370 e. The molecular formula is C23H23F4N5O2. The number of nitrogens with zero attached hydrogens (tertiary/aromatic N) is 3. The van der Waals surface area contributed by atoms with Crippen molar-refractivity contribution in [2.45, 2.75) is 38.0 Å². The number of hydrogen-bond acceptors (Lipinski definition) is 5. The number of carbonyl (C=O) groups excluding carboxylic acids is 1. The van der Waals surface area contributed by atoms with Gasteiger partial charge in [0.1, 0.15) is 16.9 Å². The van der Waals surface area contributed by atoms with Gasteiger partial charge in [-0.25, -0.2) is 9.37 Å². The molecule has 0 unspecified atom stereocenters. The molecule has 2 N–H and O–H groups in total. The van der Waals surface area contributed by atoms with E-state index < -0.39 is 23.0 Å². The van der Waals surface area contributed by atoms with E-state index in [1.165, 1.54) is 26.2 Å². The van der Waals surface area contributed by atoms with Gasteiger partial charge >= 0.3 is 6.18 Å². The molecule has 180 valence electrons. The number of anilines is 1. The average Bonchev–Trinajstić information content (AvgIpc) is 2.78. The first-order chi connectivity index (χ1) is 16.0. The van der Waals surface area contributed by atoms with Crippen molar-refractivity contribution in [1.29, 1.82) is 0 Å². The highest BCUT2D eigenvalue weighted by atomic mass is 19.4. The lowest BCUT2D eigenvalue weighted by molar-refractivity contribution is -0.139. The van der Waals surface area contributed by atoms with Crippen molar-refractivity contribution in [3.8, 4) is 0 Å². The van der Waals surface area contributed by atoms with Crippen LogP contribution >= 0.6 is 0 Å². The molecule has 4 rings (SSSR count). The fourth-order valence-corrected chi connectivity index (χ4v) is 4.36. The van der Waals surface area contributed by atoms with Crippen molar-refractivity contribution < 1.29 is 22.4 Å². The molecule has 34 heavy (non-hydrogen) atoms. The first-order valence-electron chi connectivity index (χ1n) is 10.7. The number of halogens is 4. The topological polar surface area (TPSA) is 91.0 Å². The number of carbonyl (C=O) groups is 1. The van der Waals surface area contributed by atoms with E-state index in [1.54, 1.807) is 18.3 Å². The number of pyridine rings is 3. The van der Waals surface area contributed by atoms with Gasteiger partial charge in [0.25, 0.3) is 11.5 Å². The Morgan fingerprint density at radius 1 is 1.21 bits per heavy atom. The van der Waals surface area contributed by atoms with Crippen LogP contribution in [0.3, 0.4) is 0 Å². The lowest BCUT2D eigenvalue weighted by Gasteiger charge is -2.37. The summed E-state index contributed by atoms with van der Waals surface area (Å²) in [5.74, 6) is -0.289. The number of rotatable bonds is 4. The third kappa shape index (κ3) is 4.59. The fourth-order valence-electron chi connectivity index (χ4n) is 4.36. The van der Waals surface area contributed by atoms with Gasteiger partial charge in [0.2, 0.25) is 0 Å². The zero-order valence-corrected chi connectivity index (χ0v) is 18.6. The van der Waals surface area contributed by atoms with Gasteiger partial charge in [0.05, 0.1) is 22.9 Å². The Bertz CT molecular complexity index is 1280. The zero-order valence-electron chi connectivity index (χ0n) is 18.6. The van der Waals surface area contributed by atoms with Crippen LogP contribution in [0.4, 0.5) is 23.2 Å². The van der Waals surface area contributed by atoms with Gasteiger partial charge in [-0.05, 0) is 49.1 Å². The van der Waals surface area contributed by atoms with Crippen molar-refractivity contribution in [1.82, 2.24) is 20.3 Å². The number of aryl methyl sites for hydroxylation is 1. The van der Waals surface area contributed by atoms with Gasteiger partial charge in [0.15, 0.2) is 0 Å². The number of aromatic nitrogens is 3. The maximum absolute atomic E-state index is 15.6. The van der Waals surface area contributed by atoms with Gasteiger partial charge in [0, 0.05) is 32.8 Å². The predicted molar refractivity (Wildman–Crippen MR) is 119 cm³/mol. The lowest BCUT2D eigenvalue weighted by atomic mass is 9.87. The molecule has 1 saturated heterocycles. The molecule has 0 bridgehead atoms. The molecule has 3 aromatic rings. The molecule has 1 fully saturated rings. The van der Waals surface area contributed by atoms with Crippen molar-refractivity contribution in [2.24, 2.45) is 0 Å². The highest BCUT2D eigenvalue weighted by molar-refractivity contribution is 5.92. The molecule has 0 spiro atoms. The second kappa shape index (κ2) is 8.69. The van der Waals surface area contributed by atoms with Crippen molar-refractivity contribution in [3.05, 3.63) is 63.3 Å². The average molecular weight is 477 g/mol. The first kappa shape index (κ1) is 23.7. The summed E-state index contributed by atoms with van der Waals surface area (Å²) in [7, 11) is 1.52. The first-order valence-corrected chi connectivity index (χ1v) is 10.7. The van der Waals surface area contributed by atoms with E-state index >= 15 is 4.39 Å². The Balaban J connectivity index is 1.48. The van der Waals surface area contributed by atoms with Gasteiger partial charge in [-0.3, -0.25) is 14.6 Å². The Morgan fingerprint density at radius 3 is 2.50 bits per heavy atom. The van der Waals surface area contributed by atoms with E-state index in [0.717, 1.165) is 5.69 Å². The van der Waals surface area contributed by atoms with Crippen LogP contribution in [0.5, 0.6) is 0 Å². The van der Waals surface area contributed by atoms with Crippen LogP contribution in [0.1, 0.15) is 40.0 Å². The molecule has 0 saturated carbocycles. The van der Waals surface area contributed by atoms with Crippen molar-refractivity contribution >= 4 is 22.6 Å². The summed E-state index contributed by atoms with van der Waals surface area (Å²) >= 11 is 0. The van der Waals surface area contributed by atoms with E-state index in [4.69, 9.17) is 0 Å². The standard InChI is InChI=1S/C23H23F4N5O2/c1-13-18(23(25,26)27)21(34)31-17-9-14(11-30-19(13)17)10-22(24)5-7-32(8-6-22)15-3-4-16(29-12-15)20(33)28-2/h3-4,9,11-12H,5-8,10H2,1-2H3,(H,28,33)(H,31,34). The molecule has 11 heteroatoms. The second-order valence-corrected chi connectivity index (χ2v) is 8.49. The molecule has 0 aromatic carbocycles. The summed E-state index contributed by atoms with van der Waals surface area (Å²) < 4.78 is 55.1. The molecule has 0 aliphatic carbocycles. The minimum Gasteiger partial charge on any atom is -0.370 e. The van der Waals surface area contributed by atoms with Gasteiger partial charge in [-0.2, -0.15) is 13.2 Å². The Labute approximate surface area is 192 Å². The summed E-state index contributed by atoms with van der Waals surface area (Å²) in [6.07, 6.45) is -1.36. The largest absolute Gasteiger partial charge is 0.422 e. The number of amides is 1. The highest BCUT2D eigenvalue weighted by Gasteiger charge is 2.38. The van der Waals surface area contributed by atoms with Crippen LogP contribution in [-0.4, -0.2) is 46.7 Å². The molecule has 3 aromatic heterocycles. The third-order valence-corrected chi connectivity index (χ3v) is 6.19. The number of H-pyrrole nitrogens is 1. The molecule has 7 nitrogen and oxygen atoms in total. The monoisotopic (exact) mass is 477 g/mol. The second-order valence-electron chi connectivity index (χ2n) is 8.49. The number of alkyl halides is 4. The van der Waals surface area contributed by atoms with Gasteiger partial charge < -0.3 is 15.2 Å². The Hall–Kier alpha value is -3.50. The van der Waals surface area contributed by atoms with Gasteiger partial charge in [-0.1, -0.05) is 0 Å². The number of aromatic amines is 1. The number of hydrogen-bond donors (Lipinski definition) is 2. The maximum Gasteiger partial charge on any atom is 0.422 e. The summed E-state index contributed by atoms with van der Waals surface area (Å²) in [4.78, 5) is 36.1. The van der Waals surface area contributed by atoms with Crippen LogP contribution in [0, 0.1) is 6.92 Å².